The highest BCUT2D eigenvalue weighted by molar-refractivity contribution is 7.16. The Hall–Kier alpha value is -2.04. The number of hydrogen-bond acceptors (Lipinski definition) is 4. The Balaban J connectivity index is 1.99. The number of halogens is 1. The van der Waals surface area contributed by atoms with Gasteiger partial charge >= 0.3 is 0 Å². The lowest BCUT2D eigenvalue weighted by Crippen LogP contribution is -1.94. The summed E-state index contributed by atoms with van der Waals surface area (Å²) in [7, 11) is 0. The Morgan fingerprint density at radius 3 is 2.76 bits per heavy atom. The van der Waals surface area contributed by atoms with Crippen LogP contribution in [0.15, 0.2) is 41.8 Å². The van der Waals surface area contributed by atoms with Gasteiger partial charge in [0.2, 0.25) is 0 Å². The predicted molar refractivity (Wildman–Crippen MR) is 87.9 cm³/mol. The monoisotopic (exact) mass is 311 g/mol. The van der Waals surface area contributed by atoms with Crippen molar-refractivity contribution in [3.8, 4) is 11.5 Å². The largest absolute Gasteiger partial charge is 0.244 e. The number of hydrogen-bond donors (Lipinski definition) is 0. The lowest BCUT2D eigenvalue weighted by Gasteiger charge is -2.06. The molecule has 0 unspecified atom stereocenters. The van der Waals surface area contributed by atoms with E-state index in [2.05, 4.69) is 27.9 Å². The number of aromatic nitrogens is 3. The molecule has 3 nitrogen and oxygen atoms in total. The van der Waals surface area contributed by atoms with Gasteiger partial charge in [0.25, 0.3) is 0 Å². The first kappa shape index (κ1) is 12.7. The van der Waals surface area contributed by atoms with Crippen molar-refractivity contribution in [3.63, 3.8) is 0 Å². The van der Waals surface area contributed by atoms with Crippen LogP contribution in [0.25, 0.3) is 32.6 Å². The molecular weight excluding hydrogens is 302 g/mol. The fourth-order valence-corrected chi connectivity index (χ4v) is 3.45. The minimum absolute atomic E-state index is 0.476. The molecule has 0 fully saturated rings. The van der Waals surface area contributed by atoms with E-state index in [1.165, 1.54) is 0 Å². The Morgan fingerprint density at radius 2 is 1.86 bits per heavy atom. The van der Waals surface area contributed by atoms with E-state index >= 15 is 0 Å². The quantitative estimate of drug-likeness (QED) is 0.471. The van der Waals surface area contributed by atoms with Crippen LogP contribution in [0.2, 0.25) is 5.15 Å². The second-order valence-electron chi connectivity index (χ2n) is 4.82. The molecule has 0 atom stereocenters. The molecule has 0 radical (unpaired) electrons. The molecule has 4 aromatic rings. The lowest BCUT2D eigenvalue weighted by atomic mass is 10.1. The second kappa shape index (κ2) is 4.76. The number of thiophene rings is 1. The van der Waals surface area contributed by atoms with Crippen LogP contribution in [-0.2, 0) is 0 Å². The third kappa shape index (κ3) is 2.07. The van der Waals surface area contributed by atoms with Gasteiger partial charge in [0.05, 0.1) is 5.52 Å². The number of benzene rings is 1. The predicted octanol–water partition coefficient (Wildman–Crippen LogP) is 4.87. The van der Waals surface area contributed by atoms with Gasteiger partial charge in [-0.2, -0.15) is 0 Å². The molecule has 4 rings (SSSR count). The highest BCUT2D eigenvalue weighted by atomic mass is 35.5. The zero-order chi connectivity index (χ0) is 14.4. The van der Waals surface area contributed by atoms with Crippen molar-refractivity contribution < 1.29 is 0 Å². The summed E-state index contributed by atoms with van der Waals surface area (Å²) in [5, 5.41) is 4.48. The highest BCUT2D eigenvalue weighted by Gasteiger charge is 2.11. The third-order valence-corrected chi connectivity index (χ3v) is 4.53. The number of aryl methyl sites for hydroxylation is 1. The van der Waals surface area contributed by atoms with Crippen molar-refractivity contribution in [2.24, 2.45) is 0 Å². The first-order chi connectivity index (χ1) is 10.2. The van der Waals surface area contributed by atoms with Crippen molar-refractivity contribution >= 4 is 44.1 Å². The number of fused-ring (bicyclic) bond motifs is 2. The molecule has 102 valence electrons. The van der Waals surface area contributed by atoms with Crippen molar-refractivity contribution in [3.05, 3.63) is 52.5 Å². The maximum Gasteiger partial charge on any atom is 0.181 e. The van der Waals surface area contributed by atoms with Gasteiger partial charge in [-0.1, -0.05) is 29.8 Å². The lowest BCUT2D eigenvalue weighted by molar-refractivity contribution is 1.19. The molecule has 0 saturated carbocycles. The molecule has 0 amide bonds. The molecule has 0 spiro atoms. The first-order valence-electron chi connectivity index (χ1n) is 6.50. The van der Waals surface area contributed by atoms with Crippen molar-refractivity contribution in [1.29, 1.82) is 0 Å². The molecule has 3 aromatic heterocycles. The smallest absolute Gasteiger partial charge is 0.181 e. The van der Waals surface area contributed by atoms with E-state index in [4.69, 9.17) is 11.6 Å². The SMILES string of the molecule is Cc1cc(-c2nc(Cl)c3ccsc3n2)nc2ccccc12. The maximum atomic E-state index is 6.24. The summed E-state index contributed by atoms with van der Waals surface area (Å²) in [5.41, 5.74) is 2.85. The van der Waals surface area contributed by atoms with Crippen LogP contribution < -0.4 is 0 Å². The molecular formula is C16H10ClN3S. The van der Waals surface area contributed by atoms with Crippen LogP contribution in [-0.4, -0.2) is 15.0 Å². The highest BCUT2D eigenvalue weighted by Crippen LogP contribution is 2.29. The van der Waals surface area contributed by atoms with Crippen molar-refractivity contribution in [1.82, 2.24) is 15.0 Å². The topological polar surface area (TPSA) is 38.7 Å². The van der Waals surface area contributed by atoms with Crippen LogP contribution >= 0.6 is 22.9 Å². The normalized spacial score (nSPS) is 11.3. The summed E-state index contributed by atoms with van der Waals surface area (Å²) >= 11 is 7.79. The second-order valence-corrected chi connectivity index (χ2v) is 6.07. The molecule has 0 bridgehead atoms. The molecule has 3 heterocycles. The van der Waals surface area contributed by atoms with Crippen molar-refractivity contribution in [2.75, 3.05) is 0 Å². The Labute approximate surface area is 130 Å². The zero-order valence-corrected chi connectivity index (χ0v) is 12.7. The summed E-state index contributed by atoms with van der Waals surface area (Å²) in [6, 6.07) is 12.0. The first-order valence-corrected chi connectivity index (χ1v) is 7.75. The van der Waals surface area contributed by atoms with Gasteiger partial charge < -0.3 is 0 Å². The fraction of sp³-hybridized carbons (Fsp3) is 0.0625. The van der Waals surface area contributed by atoms with E-state index in [1.807, 2.05) is 35.7 Å². The number of nitrogens with zero attached hydrogens (tertiary/aromatic N) is 3. The van der Waals surface area contributed by atoms with Gasteiger partial charge in [-0.05, 0) is 36.1 Å². The van der Waals surface area contributed by atoms with Crippen LogP contribution in [0.5, 0.6) is 0 Å². The summed E-state index contributed by atoms with van der Waals surface area (Å²) in [6.07, 6.45) is 0. The zero-order valence-electron chi connectivity index (χ0n) is 11.2. The van der Waals surface area contributed by atoms with Crippen LogP contribution in [0, 0.1) is 6.92 Å². The molecule has 0 N–H and O–H groups in total. The summed E-state index contributed by atoms with van der Waals surface area (Å²) in [5.74, 6) is 0.573. The molecule has 21 heavy (non-hydrogen) atoms. The van der Waals surface area contributed by atoms with Crippen LogP contribution in [0.3, 0.4) is 0 Å². The molecule has 0 aliphatic carbocycles. The van der Waals surface area contributed by atoms with Crippen molar-refractivity contribution in [2.45, 2.75) is 6.92 Å². The molecule has 0 aliphatic rings. The molecule has 1 aromatic carbocycles. The summed E-state index contributed by atoms with van der Waals surface area (Å²) in [6.45, 7) is 2.07. The maximum absolute atomic E-state index is 6.24. The van der Waals surface area contributed by atoms with Gasteiger partial charge in [-0.25, -0.2) is 15.0 Å². The minimum Gasteiger partial charge on any atom is -0.244 e. The van der Waals surface area contributed by atoms with Gasteiger partial charge in [0, 0.05) is 10.8 Å². The van der Waals surface area contributed by atoms with Crippen LogP contribution in [0.1, 0.15) is 5.56 Å². The van der Waals surface area contributed by atoms with E-state index in [-0.39, 0.29) is 0 Å². The van der Waals surface area contributed by atoms with Gasteiger partial charge in [-0.3, -0.25) is 0 Å². The number of para-hydroxylation sites is 1. The third-order valence-electron chi connectivity index (χ3n) is 3.43. The molecule has 5 heteroatoms. The van der Waals surface area contributed by atoms with E-state index < -0.39 is 0 Å². The van der Waals surface area contributed by atoms with Gasteiger partial charge in [-0.15, -0.1) is 11.3 Å². The number of rotatable bonds is 1. The Bertz CT molecular complexity index is 978. The van der Waals surface area contributed by atoms with Gasteiger partial charge in [0.15, 0.2) is 5.82 Å². The fourth-order valence-electron chi connectivity index (χ4n) is 2.40. The minimum atomic E-state index is 0.476. The van der Waals surface area contributed by atoms with E-state index in [1.54, 1.807) is 11.3 Å². The van der Waals surface area contributed by atoms with E-state index in [0.29, 0.717) is 11.0 Å². The molecule has 0 aliphatic heterocycles. The van der Waals surface area contributed by atoms with Gasteiger partial charge in [0.1, 0.15) is 15.7 Å². The molecule has 0 saturated heterocycles. The summed E-state index contributed by atoms with van der Waals surface area (Å²) in [4.78, 5) is 14.5. The summed E-state index contributed by atoms with van der Waals surface area (Å²) < 4.78 is 0. The van der Waals surface area contributed by atoms with E-state index in [0.717, 1.165) is 32.4 Å². The average Bonchev–Trinajstić information content (AvgIpc) is 2.96. The van der Waals surface area contributed by atoms with E-state index in [9.17, 15) is 0 Å². The standard InChI is InChI=1S/C16H10ClN3S/c1-9-8-13(18-12-5-3-2-4-10(9)12)15-19-14(17)11-6-7-21-16(11)20-15/h2-8H,1H3. The average molecular weight is 312 g/mol. The van der Waals surface area contributed by atoms with Crippen LogP contribution in [0.4, 0.5) is 0 Å². The number of pyridine rings is 1. The Kier molecular flexibility index (Phi) is 2.87. The Morgan fingerprint density at radius 1 is 1.00 bits per heavy atom.